The van der Waals surface area contributed by atoms with E-state index in [0.29, 0.717) is 12.1 Å². The second kappa shape index (κ2) is 5.00. The molecule has 1 amide bonds. The molecule has 1 atom stereocenters. The van der Waals surface area contributed by atoms with E-state index in [9.17, 15) is 14.9 Å². The maximum atomic E-state index is 12.6. The number of hydrogen-bond acceptors (Lipinski definition) is 3. The van der Waals surface area contributed by atoms with Crippen molar-refractivity contribution < 1.29 is 9.59 Å². The molecular weight excluding hydrogens is 264 g/mol. The molecule has 1 aromatic rings. The fourth-order valence-corrected chi connectivity index (χ4v) is 3.14. The number of carbonyl (C=O) groups is 2. The molecule has 108 valence electrons. The molecule has 21 heavy (non-hydrogen) atoms. The van der Waals surface area contributed by atoms with Crippen molar-refractivity contribution in [3.63, 3.8) is 0 Å². The number of nitrogens with zero attached hydrogens (tertiary/aromatic N) is 2. The van der Waals surface area contributed by atoms with Gasteiger partial charge in [-0.2, -0.15) is 5.26 Å². The van der Waals surface area contributed by atoms with Crippen LogP contribution < -0.4 is 0 Å². The summed E-state index contributed by atoms with van der Waals surface area (Å²) < 4.78 is 0. The van der Waals surface area contributed by atoms with Crippen LogP contribution in [0.3, 0.4) is 0 Å². The standard InChI is InChI=1S/C17H18N2O2/c1-12(20)15-6-3-9-19(15)16(21)13-4-2-5-14(10-13)17(11-18)7-8-17/h2,4-5,10,15H,3,6-9H2,1H3/t15-/m1/s1. The Hall–Kier alpha value is -2.15. The quantitative estimate of drug-likeness (QED) is 0.855. The summed E-state index contributed by atoms with van der Waals surface area (Å²) in [5.74, 6) is -0.0454. The predicted octanol–water partition coefficient (Wildman–Crippen LogP) is 2.44. The molecule has 0 aromatic heterocycles. The lowest BCUT2D eigenvalue weighted by atomic mass is 9.95. The highest BCUT2D eigenvalue weighted by atomic mass is 16.2. The molecular formula is C17H18N2O2. The lowest BCUT2D eigenvalue weighted by molar-refractivity contribution is -0.120. The van der Waals surface area contributed by atoms with Crippen LogP contribution in [0, 0.1) is 11.3 Å². The van der Waals surface area contributed by atoms with E-state index in [-0.39, 0.29) is 23.1 Å². The first-order valence-corrected chi connectivity index (χ1v) is 7.41. The van der Waals surface area contributed by atoms with Gasteiger partial charge in [0.15, 0.2) is 5.78 Å². The SMILES string of the molecule is CC(=O)[C@H]1CCCN1C(=O)c1cccc(C2(C#N)CC2)c1. The van der Waals surface area contributed by atoms with Crippen molar-refractivity contribution in [1.29, 1.82) is 5.26 Å². The third kappa shape index (κ3) is 2.33. The Bertz CT molecular complexity index is 640. The summed E-state index contributed by atoms with van der Waals surface area (Å²) in [6, 6.07) is 9.42. The average Bonchev–Trinajstić information content (AvgIpc) is 3.15. The summed E-state index contributed by atoms with van der Waals surface area (Å²) in [5, 5.41) is 9.28. The monoisotopic (exact) mass is 282 g/mol. The Morgan fingerprint density at radius 3 is 2.76 bits per heavy atom. The molecule has 0 bridgehead atoms. The normalized spacial score (nSPS) is 22.7. The van der Waals surface area contributed by atoms with Gasteiger partial charge in [0.05, 0.1) is 17.5 Å². The molecule has 1 aliphatic heterocycles. The van der Waals surface area contributed by atoms with Gasteiger partial charge in [-0.25, -0.2) is 0 Å². The number of hydrogen-bond donors (Lipinski definition) is 0. The highest BCUT2D eigenvalue weighted by molar-refractivity contribution is 5.98. The second-order valence-electron chi connectivity index (χ2n) is 6.04. The van der Waals surface area contributed by atoms with Gasteiger partial charge in [0.1, 0.15) is 0 Å². The number of nitriles is 1. The van der Waals surface area contributed by atoms with Crippen molar-refractivity contribution in [2.24, 2.45) is 0 Å². The number of rotatable bonds is 3. The van der Waals surface area contributed by atoms with Crippen LogP contribution in [0.5, 0.6) is 0 Å². The summed E-state index contributed by atoms with van der Waals surface area (Å²) in [6.45, 7) is 2.18. The summed E-state index contributed by atoms with van der Waals surface area (Å²) >= 11 is 0. The van der Waals surface area contributed by atoms with Gasteiger partial charge in [-0.05, 0) is 50.3 Å². The Kier molecular flexibility index (Phi) is 3.29. The Labute approximate surface area is 124 Å². The zero-order valence-electron chi connectivity index (χ0n) is 12.1. The van der Waals surface area contributed by atoms with E-state index in [2.05, 4.69) is 6.07 Å². The van der Waals surface area contributed by atoms with Gasteiger partial charge in [0.25, 0.3) is 5.91 Å². The number of Topliss-reactive ketones (excluding diaryl/α,β-unsaturated/α-hetero) is 1. The van der Waals surface area contributed by atoms with E-state index in [1.807, 2.05) is 18.2 Å². The Balaban J connectivity index is 1.87. The minimum atomic E-state index is -0.388. The third-order valence-corrected chi connectivity index (χ3v) is 4.61. The van der Waals surface area contributed by atoms with E-state index >= 15 is 0 Å². The van der Waals surface area contributed by atoms with E-state index in [0.717, 1.165) is 31.2 Å². The van der Waals surface area contributed by atoms with Gasteiger partial charge < -0.3 is 4.90 Å². The Morgan fingerprint density at radius 2 is 2.14 bits per heavy atom. The summed E-state index contributed by atoms with van der Waals surface area (Å²) in [5.41, 5.74) is 1.12. The van der Waals surface area contributed by atoms with Crippen LogP contribution in [0.4, 0.5) is 0 Å². The van der Waals surface area contributed by atoms with Crippen LogP contribution >= 0.6 is 0 Å². The first-order chi connectivity index (χ1) is 10.1. The molecule has 0 spiro atoms. The molecule has 3 rings (SSSR count). The number of carbonyl (C=O) groups excluding carboxylic acids is 2. The molecule has 0 unspecified atom stereocenters. The zero-order valence-corrected chi connectivity index (χ0v) is 12.1. The van der Waals surface area contributed by atoms with Gasteiger partial charge in [0.2, 0.25) is 0 Å². The molecule has 2 fully saturated rings. The van der Waals surface area contributed by atoms with Gasteiger partial charge in [-0.3, -0.25) is 9.59 Å². The fraction of sp³-hybridized carbons (Fsp3) is 0.471. The molecule has 1 saturated heterocycles. The number of amides is 1. The van der Waals surface area contributed by atoms with Crippen molar-refractivity contribution in [3.05, 3.63) is 35.4 Å². The van der Waals surface area contributed by atoms with Gasteiger partial charge >= 0.3 is 0 Å². The zero-order chi connectivity index (χ0) is 15.0. The van der Waals surface area contributed by atoms with E-state index < -0.39 is 0 Å². The summed E-state index contributed by atoms with van der Waals surface area (Å²) in [6.07, 6.45) is 3.35. The van der Waals surface area contributed by atoms with Crippen molar-refractivity contribution in [3.8, 4) is 6.07 Å². The second-order valence-corrected chi connectivity index (χ2v) is 6.04. The highest BCUT2D eigenvalue weighted by Gasteiger charge is 2.45. The van der Waals surface area contributed by atoms with Crippen LogP contribution in [0.25, 0.3) is 0 Å². The predicted molar refractivity (Wildman–Crippen MR) is 77.7 cm³/mol. The smallest absolute Gasteiger partial charge is 0.254 e. The Morgan fingerprint density at radius 1 is 1.38 bits per heavy atom. The van der Waals surface area contributed by atoms with E-state index in [1.165, 1.54) is 0 Å². The minimum Gasteiger partial charge on any atom is -0.329 e. The van der Waals surface area contributed by atoms with E-state index in [1.54, 1.807) is 17.9 Å². The topological polar surface area (TPSA) is 61.2 Å². The van der Waals surface area contributed by atoms with Crippen LogP contribution in [-0.4, -0.2) is 29.2 Å². The molecule has 1 aliphatic carbocycles. The molecule has 1 saturated carbocycles. The van der Waals surface area contributed by atoms with Crippen LogP contribution in [0.2, 0.25) is 0 Å². The van der Waals surface area contributed by atoms with Gasteiger partial charge in [-0.1, -0.05) is 12.1 Å². The van der Waals surface area contributed by atoms with Gasteiger partial charge in [-0.15, -0.1) is 0 Å². The first-order valence-electron chi connectivity index (χ1n) is 7.41. The maximum Gasteiger partial charge on any atom is 0.254 e. The average molecular weight is 282 g/mol. The van der Waals surface area contributed by atoms with Crippen molar-refractivity contribution in [1.82, 2.24) is 4.90 Å². The lowest BCUT2D eigenvalue weighted by Crippen LogP contribution is -2.39. The first kappa shape index (κ1) is 13.8. The van der Waals surface area contributed by atoms with Crippen LogP contribution in [0.15, 0.2) is 24.3 Å². The molecule has 1 aromatic carbocycles. The van der Waals surface area contributed by atoms with Crippen LogP contribution in [-0.2, 0) is 10.2 Å². The highest BCUT2D eigenvalue weighted by Crippen LogP contribution is 2.47. The lowest BCUT2D eigenvalue weighted by Gasteiger charge is -2.23. The number of benzene rings is 1. The third-order valence-electron chi connectivity index (χ3n) is 4.61. The van der Waals surface area contributed by atoms with Crippen LogP contribution in [0.1, 0.15) is 48.5 Å². The maximum absolute atomic E-state index is 12.6. The largest absolute Gasteiger partial charge is 0.329 e. The molecule has 1 heterocycles. The van der Waals surface area contributed by atoms with Crippen molar-refractivity contribution in [2.45, 2.75) is 44.1 Å². The summed E-state index contributed by atoms with van der Waals surface area (Å²) in [4.78, 5) is 26.0. The molecule has 4 heteroatoms. The minimum absolute atomic E-state index is 0.0488. The number of likely N-dealkylation sites (tertiary alicyclic amines) is 1. The van der Waals surface area contributed by atoms with Gasteiger partial charge in [0, 0.05) is 12.1 Å². The number of ketones is 1. The summed E-state index contributed by atoms with van der Waals surface area (Å²) in [7, 11) is 0. The van der Waals surface area contributed by atoms with Crippen molar-refractivity contribution in [2.75, 3.05) is 6.54 Å². The molecule has 0 radical (unpaired) electrons. The fourth-order valence-electron chi connectivity index (χ4n) is 3.14. The molecule has 2 aliphatic rings. The molecule has 4 nitrogen and oxygen atoms in total. The van der Waals surface area contributed by atoms with E-state index in [4.69, 9.17) is 0 Å². The molecule has 0 N–H and O–H groups in total. The van der Waals surface area contributed by atoms with Crippen molar-refractivity contribution >= 4 is 11.7 Å².